The molecule has 3 aromatic rings. The molecule has 2 aliphatic heterocycles. The van der Waals surface area contributed by atoms with Gasteiger partial charge in [-0.3, -0.25) is 9.58 Å². The van der Waals surface area contributed by atoms with Gasteiger partial charge in [0.25, 0.3) is 0 Å². The molecule has 3 heterocycles. The summed E-state index contributed by atoms with van der Waals surface area (Å²) < 4.78 is 13.3. The minimum atomic E-state index is -0.751. The molecule has 7 heteroatoms. The Morgan fingerprint density at radius 3 is 2.69 bits per heavy atom. The number of aliphatic hydroxyl groups excluding tert-OH is 2. The first-order valence-corrected chi connectivity index (χ1v) is 11.1. The second kappa shape index (κ2) is 8.67. The third-order valence-electron chi connectivity index (χ3n) is 6.34. The van der Waals surface area contributed by atoms with Gasteiger partial charge in [-0.15, -0.1) is 0 Å². The molecule has 32 heavy (non-hydrogen) atoms. The molecular weight excluding hydrogens is 406 g/mol. The molecule has 0 radical (unpaired) electrons. The highest BCUT2D eigenvalue weighted by Crippen LogP contribution is 2.40. The van der Waals surface area contributed by atoms with Gasteiger partial charge in [0.15, 0.2) is 0 Å². The molecule has 2 N–H and O–H groups in total. The fraction of sp³-hybridized carbons (Fsp3) is 0.400. The van der Waals surface area contributed by atoms with Gasteiger partial charge in [-0.2, -0.15) is 5.10 Å². The number of aromatic nitrogens is 2. The van der Waals surface area contributed by atoms with Crippen LogP contribution in [0.4, 0.5) is 0 Å². The van der Waals surface area contributed by atoms with E-state index < -0.39 is 12.3 Å². The van der Waals surface area contributed by atoms with E-state index in [4.69, 9.17) is 9.47 Å². The van der Waals surface area contributed by atoms with Crippen LogP contribution in [0, 0.1) is 6.92 Å². The van der Waals surface area contributed by atoms with Gasteiger partial charge in [-0.25, -0.2) is 0 Å². The standard InChI is InChI=1S/C25H29N3O4/c1-16-20(14-27(2)26-16)18-8-6-17(7-9-18)12-28-13-19-4-3-5-23(24(19)25(28)30)32-22-10-11-31-15-21(22)29/h3-9,14,21-22,25,29-30H,10-13,15H2,1-2H3/t21-,22-,25?/m1/s1. The van der Waals surface area contributed by atoms with Crippen LogP contribution >= 0.6 is 0 Å². The molecule has 168 valence electrons. The van der Waals surface area contributed by atoms with Gasteiger partial charge >= 0.3 is 0 Å². The van der Waals surface area contributed by atoms with E-state index in [1.54, 1.807) is 0 Å². The molecule has 1 fully saturated rings. The molecule has 0 amide bonds. The predicted molar refractivity (Wildman–Crippen MR) is 120 cm³/mol. The first-order valence-electron chi connectivity index (χ1n) is 11.1. The Kier molecular flexibility index (Phi) is 5.73. The van der Waals surface area contributed by atoms with E-state index in [0.29, 0.717) is 31.9 Å². The van der Waals surface area contributed by atoms with Gasteiger partial charge in [0, 0.05) is 43.9 Å². The summed E-state index contributed by atoms with van der Waals surface area (Å²) in [6.07, 6.45) is 0.935. The average Bonchev–Trinajstić information content (AvgIpc) is 3.29. The van der Waals surface area contributed by atoms with Gasteiger partial charge in [-0.1, -0.05) is 36.4 Å². The Hall–Kier alpha value is -2.71. The van der Waals surface area contributed by atoms with Crippen LogP contribution in [-0.2, 0) is 24.9 Å². The highest BCUT2D eigenvalue weighted by molar-refractivity contribution is 5.65. The number of aliphatic hydroxyl groups is 2. The molecule has 7 nitrogen and oxygen atoms in total. The number of hydrogen-bond donors (Lipinski definition) is 2. The van der Waals surface area contributed by atoms with Crippen molar-refractivity contribution in [2.75, 3.05) is 13.2 Å². The van der Waals surface area contributed by atoms with Crippen molar-refractivity contribution in [3.63, 3.8) is 0 Å². The lowest BCUT2D eigenvalue weighted by atomic mass is 10.0. The second-order valence-corrected chi connectivity index (χ2v) is 8.69. The number of hydrogen-bond acceptors (Lipinski definition) is 6. The number of nitrogens with zero attached hydrogens (tertiary/aromatic N) is 3. The number of ether oxygens (including phenoxy) is 2. The Morgan fingerprint density at radius 2 is 1.97 bits per heavy atom. The van der Waals surface area contributed by atoms with Crippen molar-refractivity contribution >= 4 is 0 Å². The van der Waals surface area contributed by atoms with Crippen molar-refractivity contribution in [2.45, 2.75) is 44.9 Å². The van der Waals surface area contributed by atoms with Crippen molar-refractivity contribution in [3.05, 3.63) is 71.0 Å². The maximum Gasteiger partial charge on any atom is 0.138 e. The minimum absolute atomic E-state index is 0.281. The Labute approximate surface area is 187 Å². The van der Waals surface area contributed by atoms with Gasteiger partial charge < -0.3 is 19.7 Å². The summed E-state index contributed by atoms with van der Waals surface area (Å²) in [6, 6.07) is 14.3. The van der Waals surface area contributed by atoms with Crippen LogP contribution in [0.5, 0.6) is 5.75 Å². The van der Waals surface area contributed by atoms with E-state index in [2.05, 4.69) is 29.4 Å². The minimum Gasteiger partial charge on any atom is -0.487 e. The lowest BCUT2D eigenvalue weighted by molar-refractivity contribution is -0.0764. The van der Waals surface area contributed by atoms with E-state index in [1.807, 2.05) is 47.9 Å². The third kappa shape index (κ3) is 4.04. The van der Waals surface area contributed by atoms with Crippen LogP contribution in [0.3, 0.4) is 0 Å². The average molecular weight is 436 g/mol. The first-order chi connectivity index (χ1) is 15.5. The summed E-state index contributed by atoms with van der Waals surface area (Å²) in [5, 5.41) is 25.7. The fourth-order valence-corrected chi connectivity index (χ4v) is 4.66. The van der Waals surface area contributed by atoms with Gasteiger partial charge in [0.2, 0.25) is 0 Å². The zero-order valence-electron chi connectivity index (χ0n) is 18.4. The SMILES string of the molecule is Cc1nn(C)cc1-c1ccc(CN2Cc3cccc(O[C@@H]4CCOC[C@H]4O)c3C2O)cc1. The number of fused-ring (bicyclic) bond motifs is 1. The lowest BCUT2D eigenvalue weighted by Crippen LogP contribution is -2.40. The molecule has 3 atom stereocenters. The second-order valence-electron chi connectivity index (χ2n) is 8.69. The summed E-state index contributed by atoms with van der Waals surface area (Å²) in [7, 11) is 1.93. The monoisotopic (exact) mass is 435 g/mol. The summed E-state index contributed by atoms with van der Waals surface area (Å²) in [6.45, 7) is 4.14. The number of benzene rings is 2. The van der Waals surface area contributed by atoms with Crippen molar-refractivity contribution in [2.24, 2.45) is 7.05 Å². The fourth-order valence-electron chi connectivity index (χ4n) is 4.66. The van der Waals surface area contributed by atoms with Crippen molar-refractivity contribution < 1.29 is 19.7 Å². The molecular formula is C25H29N3O4. The van der Waals surface area contributed by atoms with Gasteiger partial charge in [-0.05, 0) is 29.7 Å². The Bertz CT molecular complexity index is 1100. The quantitative estimate of drug-likeness (QED) is 0.642. The smallest absolute Gasteiger partial charge is 0.138 e. The zero-order chi connectivity index (χ0) is 22.2. The van der Waals surface area contributed by atoms with E-state index in [0.717, 1.165) is 33.5 Å². The molecule has 2 aliphatic rings. The van der Waals surface area contributed by atoms with Crippen LogP contribution in [0.2, 0.25) is 0 Å². The molecule has 1 saturated heterocycles. The van der Waals surface area contributed by atoms with Crippen LogP contribution in [0.25, 0.3) is 11.1 Å². The zero-order valence-corrected chi connectivity index (χ0v) is 18.4. The highest BCUT2D eigenvalue weighted by atomic mass is 16.5. The number of rotatable bonds is 5. The van der Waals surface area contributed by atoms with Crippen molar-refractivity contribution in [3.8, 4) is 16.9 Å². The maximum atomic E-state index is 11.1. The number of aryl methyl sites for hydroxylation is 2. The summed E-state index contributed by atoms with van der Waals surface area (Å²) >= 11 is 0. The molecule has 5 rings (SSSR count). The van der Waals surface area contributed by atoms with E-state index in [1.165, 1.54) is 0 Å². The van der Waals surface area contributed by atoms with E-state index >= 15 is 0 Å². The van der Waals surface area contributed by atoms with E-state index in [-0.39, 0.29) is 12.7 Å². The van der Waals surface area contributed by atoms with Crippen molar-refractivity contribution in [1.29, 1.82) is 0 Å². The molecule has 1 aromatic heterocycles. The molecule has 0 aliphatic carbocycles. The third-order valence-corrected chi connectivity index (χ3v) is 6.34. The summed E-state index contributed by atoms with van der Waals surface area (Å²) in [5.41, 5.74) is 6.25. The van der Waals surface area contributed by atoms with Crippen LogP contribution in [-0.4, -0.2) is 50.3 Å². The lowest BCUT2D eigenvalue weighted by Gasteiger charge is -2.29. The Balaban J connectivity index is 1.31. The topological polar surface area (TPSA) is 80.0 Å². The largest absolute Gasteiger partial charge is 0.487 e. The van der Waals surface area contributed by atoms with Gasteiger partial charge in [0.1, 0.15) is 24.2 Å². The van der Waals surface area contributed by atoms with Gasteiger partial charge in [0.05, 0.1) is 18.9 Å². The summed E-state index contributed by atoms with van der Waals surface area (Å²) in [4.78, 5) is 2.03. The van der Waals surface area contributed by atoms with Crippen LogP contribution in [0.15, 0.2) is 48.7 Å². The maximum absolute atomic E-state index is 11.1. The van der Waals surface area contributed by atoms with E-state index in [9.17, 15) is 10.2 Å². The molecule has 1 unspecified atom stereocenters. The Morgan fingerprint density at radius 1 is 1.16 bits per heavy atom. The van der Waals surface area contributed by atoms with Crippen molar-refractivity contribution in [1.82, 2.24) is 14.7 Å². The molecule has 0 spiro atoms. The summed E-state index contributed by atoms with van der Waals surface area (Å²) in [5.74, 6) is 0.644. The van der Waals surface area contributed by atoms with Crippen LogP contribution in [0.1, 0.15) is 35.0 Å². The molecule has 2 aromatic carbocycles. The highest BCUT2D eigenvalue weighted by Gasteiger charge is 2.33. The first kappa shape index (κ1) is 21.2. The van der Waals surface area contributed by atoms with Crippen LogP contribution < -0.4 is 4.74 Å². The molecule has 0 saturated carbocycles. The predicted octanol–water partition coefficient (Wildman–Crippen LogP) is 2.93. The normalized spacial score (nSPS) is 23.3. The molecule has 0 bridgehead atoms.